The van der Waals surface area contributed by atoms with E-state index in [1.54, 1.807) is 20.4 Å². The molecule has 0 saturated carbocycles. The molecule has 0 aliphatic rings. The van der Waals surface area contributed by atoms with E-state index in [0.717, 1.165) is 15.4 Å². The number of rotatable bonds is 4. The van der Waals surface area contributed by atoms with E-state index >= 15 is 0 Å². The molecule has 1 unspecified atom stereocenters. The molecular weight excluding hydrogens is 284 g/mol. The number of ether oxygens (including phenoxy) is 2. The summed E-state index contributed by atoms with van der Waals surface area (Å²) in [6.07, 6.45) is 1.78. The van der Waals surface area contributed by atoms with E-state index in [1.807, 2.05) is 19.1 Å². The molecule has 6 heteroatoms. The van der Waals surface area contributed by atoms with Crippen LogP contribution in [0.25, 0.3) is 10.6 Å². The molecule has 19 heavy (non-hydrogen) atoms. The van der Waals surface area contributed by atoms with Gasteiger partial charge >= 0.3 is 0 Å². The van der Waals surface area contributed by atoms with Crippen molar-refractivity contribution in [3.63, 3.8) is 0 Å². The van der Waals surface area contributed by atoms with Gasteiger partial charge in [-0.25, -0.2) is 4.98 Å². The fourth-order valence-corrected chi connectivity index (χ4v) is 2.95. The number of hydrogen-bond donors (Lipinski definition) is 1. The Balaban J connectivity index is 2.50. The molecule has 0 saturated heterocycles. The van der Waals surface area contributed by atoms with Gasteiger partial charge in [-0.05, 0) is 19.1 Å². The van der Waals surface area contributed by atoms with Gasteiger partial charge in [0.25, 0.3) is 0 Å². The minimum atomic E-state index is -0.0369. The molecule has 2 N–H and O–H groups in total. The van der Waals surface area contributed by atoms with Gasteiger partial charge in [0.1, 0.15) is 5.01 Å². The van der Waals surface area contributed by atoms with Crippen LogP contribution in [0.3, 0.4) is 0 Å². The second-order valence-corrected chi connectivity index (χ2v) is 5.46. The van der Waals surface area contributed by atoms with Crippen LogP contribution in [-0.2, 0) is 0 Å². The van der Waals surface area contributed by atoms with E-state index in [-0.39, 0.29) is 6.04 Å². The Hall–Kier alpha value is -1.30. The van der Waals surface area contributed by atoms with Crippen molar-refractivity contribution >= 4 is 22.9 Å². The monoisotopic (exact) mass is 298 g/mol. The van der Waals surface area contributed by atoms with Crippen molar-refractivity contribution in [3.05, 3.63) is 28.2 Å². The first kappa shape index (κ1) is 14.1. The highest BCUT2D eigenvalue weighted by atomic mass is 35.5. The minimum Gasteiger partial charge on any atom is -0.493 e. The molecule has 1 aromatic carbocycles. The molecule has 0 aliphatic carbocycles. The third kappa shape index (κ3) is 2.68. The van der Waals surface area contributed by atoms with Gasteiger partial charge in [0.2, 0.25) is 0 Å². The molecule has 0 radical (unpaired) electrons. The molecule has 102 valence electrons. The van der Waals surface area contributed by atoms with Crippen LogP contribution < -0.4 is 15.2 Å². The van der Waals surface area contributed by atoms with Crippen LogP contribution >= 0.6 is 22.9 Å². The summed E-state index contributed by atoms with van der Waals surface area (Å²) in [4.78, 5) is 5.37. The van der Waals surface area contributed by atoms with Gasteiger partial charge in [-0.15, -0.1) is 11.3 Å². The first-order valence-electron chi connectivity index (χ1n) is 5.70. The largest absolute Gasteiger partial charge is 0.493 e. The van der Waals surface area contributed by atoms with Crippen molar-refractivity contribution in [2.24, 2.45) is 5.73 Å². The van der Waals surface area contributed by atoms with E-state index in [0.29, 0.717) is 16.5 Å². The zero-order valence-corrected chi connectivity index (χ0v) is 12.5. The maximum Gasteiger partial charge on any atom is 0.180 e. The van der Waals surface area contributed by atoms with Crippen molar-refractivity contribution in [2.45, 2.75) is 13.0 Å². The Labute approximate surface area is 121 Å². The summed E-state index contributed by atoms with van der Waals surface area (Å²) in [5.41, 5.74) is 6.65. The number of halogens is 1. The van der Waals surface area contributed by atoms with E-state index in [1.165, 1.54) is 11.3 Å². The fourth-order valence-electron chi connectivity index (χ4n) is 1.68. The molecule has 1 aromatic heterocycles. The van der Waals surface area contributed by atoms with E-state index in [9.17, 15) is 0 Å². The zero-order chi connectivity index (χ0) is 14.0. The van der Waals surface area contributed by atoms with Gasteiger partial charge < -0.3 is 15.2 Å². The van der Waals surface area contributed by atoms with Crippen molar-refractivity contribution in [2.75, 3.05) is 14.2 Å². The molecule has 0 amide bonds. The zero-order valence-electron chi connectivity index (χ0n) is 10.9. The molecule has 0 spiro atoms. The summed E-state index contributed by atoms with van der Waals surface area (Å²) in [5.74, 6) is 1.11. The Morgan fingerprint density at radius 2 is 2.05 bits per heavy atom. The van der Waals surface area contributed by atoms with Crippen LogP contribution in [0.1, 0.15) is 17.8 Å². The predicted octanol–water partition coefficient (Wildman–Crippen LogP) is 3.50. The summed E-state index contributed by atoms with van der Waals surface area (Å²) < 4.78 is 10.5. The van der Waals surface area contributed by atoms with Gasteiger partial charge in [0, 0.05) is 22.7 Å². The number of methoxy groups -OCH3 is 2. The van der Waals surface area contributed by atoms with Gasteiger partial charge in [-0.1, -0.05) is 11.6 Å². The molecule has 2 aromatic rings. The maximum atomic E-state index is 6.35. The second-order valence-electron chi connectivity index (χ2n) is 4.02. The number of benzene rings is 1. The van der Waals surface area contributed by atoms with Gasteiger partial charge in [-0.2, -0.15) is 0 Å². The van der Waals surface area contributed by atoms with Crippen molar-refractivity contribution in [1.29, 1.82) is 0 Å². The van der Waals surface area contributed by atoms with Crippen molar-refractivity contribution in [3.8, 4) is 22.1 Å². The lowest BCUT2D eigenvalue weighted by atomic mass is 10.2. The van der Waals surface area contributed by atoms with Crippen molar-refractivity contribution < 1.29 is 9.47 Å². The third-order valence-electron chi connectivity index (χ3n) is 2.69. The quantitative estimate of drug-likeness (QED) is 0.938. The van der Waals surface area contributed by atoms with Gasteiger partial charge in [0.15, 0.2) is 11.5 Å². The Morgan fingerprint density at radius 1 is 1.32 bits per heavy atom. The third-order valence-corrected chi connectivity index (χ3v) is 4.29. The smallest absolute Gasteiger partial charge is 0.180 e. The summed E-state index contributed by atoms with van der Waals surface area (Å²) in [6.45, 7) is 1.92. The highest BCUT2D eigenvalue weighted by Gasteiger charge is 2.17. The average molecular weight is 299 g/mol. The fraction of sp³-hybridized carbons (Fsp3) is 0.308. The SMILES string of the molecule is COc1ccc(-c2ncc(C(C)N)s2)c(Cl)c1OC. The molecule has 1 atom stereocenters. The number of thiazole rings is 1. The lowest BCUT2D eigenvalue weighted by molar-refractivity contribution is 0.355. The number of nitrogens with two attached hydrogens (primary N) is 1. The first-order valence-corrected chi connectivity index (χ1v) is 6.90. The van der Waals surface area contributed by atoms with Crippen LogP contribution in [0.4, 0.5) is 0 Å². The van der Waals surface area contributed by atoms with E-state index in [2.05, 4.69) is 4.98 Å². The average Bonchev–Trinajstić information content (AvgIpc) is 2.87. The standard InChI is InChI=1S/C13H15ClN2O2S/c1-7(15)10-6-16-13(19-10)8-4-5-9(17-2)12(18-3)11(8)14/h4-7H,15H2,1-3H3. The minimum absolute atomic E-state index is 0.0369. The highest BCUT2D eigenvalue weighted by molar-refractivity contribution is 7.15. The Bertz CT molecular complexity index is 584. The van der Waals surface area contributed by atoms with Gasteiger partial charge in [-0.3, -0.25) is 0 Å². The highest BCUT2D eigenvalue weighted by Crippen LogP contribution is 2.42. The van der Waals surface area contributed by atoms with E-state index < -0.39 is 0 Å². The Kier molecular flexibility index (Phi) is 4.29. The molecule has 0 aliphatic heterocycles. The topological polar surface area (TPSA) is 57.4 Å². The molecule has 0 fully saturated rings. The molecule has 1 heterocycles. The summed E-state index contributed by atoms with van der Waals surface area (Å²) in [5, 5.41) is 1.31. The Morgan fingerprint density at radius 3 is 2.58 bits per heavy atom. The number of hydrogen-bond acceptors (Lipinski definition) is 5. The second kappa shape index (κ2) is 5.77. The molecular formula is C13H15ClN2O2S. The molecule has 4 nitrogen and oxygen atoms in total. The van der Waals surface area contributed by atoms with E-state index in [4.69, 9.17) is 26.8 Å². The van der Waals surface area contributed by atoms with Crippen LogP contribution in [0.15, 0.2) is 18.3 Å². The van der Waals surface area contributed by atoms with Crippen LogP contribution in [0.2, 0.25) is 5.02 Å². The number of aromatic nitrogens is 1. The van der Waals surface area contributed by atoms with Crippen LogP contribution in [0.5, 0.6) is 11.5 Å². The predicted molar refractivity (Wildman–Crippen MR) is 78.3 cm³/mol. The normalized spacial score (nSPS) is 12.3. The maximum absolute atomic E-state index is 6.35. The van der Waals surface area contributed by atoms with Gasteiger partial charge in [0.05, 0.1) is 19.2 Å². The lowest BCUT2D eigenvalue weighted by Crippen LogP contribution is -2.01. The first-order chi connectivity index (χ1) is 9.08. The summed E-state index contributed by atoms with van der Waals surface area (Å²) >= 11 is 7.87. The number of nitrogens with zero attached hydrogens (tertiary/aromatic N) is 1. The summed E-state index contributed by atoms with van der Waals surface area (Å²) in [6, 6.07) is 3.64. The molecule has 0 bridgehead atoms. The lowest BCUT2D eigenvalue weighted by Gasteiger charge is -2.11. The van der Waals surface area contributed by atoms with Crippen LogP contribution in [-0.4, -0.2) is 19.2 Å². The van der Waals surface area contributed by atoms with Crippen molar-refractivity contribution in [1.82, 2.24) is 4.98 Å². The summed E-state index contributed by atoms with van der Waals surface area (Å²) in [7, 11) is 3.13. The molecule has 2 rings (SSSR count). The van der Waals surface area contributed by atoms with Crippen LogP contribution in [0, 0.1) is 0 Å².